The van der Waals surface area contributed by atoms with Crippen LogP contribution in [-0.4, -0.2) is 11.7 Å². The van der Waals surface area contributed by atoms with Crippen molar-refractivity contribution in [3.8, 4) is 5.75 Å². The second kappa shape index (κ2) is 6.05. The zero-order valence-electron chi connectivity index (χ0n) is 13.6. The maximum Gasteiger partial charge on any atom is 0.290 e. The second-order valence-corrected chi connectivity index (χ2v) is 6.21. The molecule has 0 fully saturated rings. The second-order valence-electron chi connectivity index (χ2n) is 6.21. The monoisotopic (exact) mass is 392 g/mol. The van der Waals surface area contributed by atoms with Crippen LogP contribution in [0.3, 0.4) is 0 Å². The van der Waals surface area contributed by atoms with Gasteiger partial charge in [-0.1, -0.05) is 36.4 Å². The molecule has 4 heteroatoms. The fraction of sp³-hybridized carbons (Fsp3) is 0.0952. The van der Waals surface area contributed by atoms with E-state index in [9.17, 15) is 5.11 Å². The summed E-state index contributed by atoms with van der Waals surface area (Å²) < 4.78 is 2.41. The molecule has 0 spiro atoms. The van der Waals surface area contributed by atoms with E-state index < -0.39 is 0 Å². The van der Waals surface area contributed by atoms with E-state index in [0.717, 1.165) is 18.8 Å². The van der Waals surface area contributed by atoms with Crippen LogP contribution in [0.1, 0.15) is 0 Å². The lowest BCUT2D eigenvalue weighted by Crippen LogP contribution is -3.00. The van der Waals surface area contributed by atoms with E-state index in [2.05, 4.69) is 58.0 Å². The number of fused-ring (bicyclic) bond motifs is 6. The van der Waals surface area contributed by atoms with Gasteiger partial charge in [-0.05, 0) is 36.4 Å². The molecule has 0 atom stereocenters. The number of aromatic nitrogens is 1. The van der Waals surface area contributed by atoms with E-state index in [4.69, 9.17) is 0 Å². The number of halogens is 1. The Morgan fingerprint density at radius 1 is 0.760 bits per heavy atom. The third-order valence-corrected chi connectivity index (χ3v) is 4.87. The van der Waals surface area contributed by atoms with E-state index >= 15 is 0 Å². The maximum atomic E-state index is 9.58. The van der Waals surface area contributed by atoms with E-state index in [1.807, 2.05) is 12.1 Å². The first kappa shape index (κ1) is 15.9. The predicted molar refractivity (Wildman–Crippen MR) is 96.8 cm³/mol. The number of benzene rings is 3. The number of nitrogens with zero attached hydrogens (tertiary/aromatic N) is 2. The number of aromatic hydroxyl groups is 1. The molecule has 3 aromatic carbocycles. The minimum absolute atomic E-state index is 0. The number of phenols is 1. The van der Waals surface area contributed by atoms with Gasteiger partial charge < -0.3 is 22.1 Å². The topological polar surface area (TPSA) is 27.3 Å². The molecule has 1 aliphatic rings. The molecule has 1 aliphatic heterocycles. The lowest BCUT2D eigenvalue weighted by Gasteiger charge is -2.13. The minimum Gasteiger partial charge on any atom is -1.00 e. The summed E-state index contributed by atoms with van der Waals surface area (Å²) in [6.45, 7) is 1.89. The maximum absolute atomic E-state index is 9.58. The van der Waals surface area contributed by atoms with Crippen molar-refractivity contribution in [1.82, 2.24) is 0 Å². The molecular formula is C21H17BrN2O. The lowest BCUT2D eigenvalue weighted by atomic mass is 10.1. The molecule has 0 aliphatic carbocycles. The standard InChI is InChI=1S/C21H16N2O.BrH/c24-16-11-9-15(10-12-16)22-13-14-23-20-8-4-3-6-18(20)17-5-1-2-7-19(17)21(22)23;/h1-12H,13-14H2;1H. The van der Waals surface area contributed by atoms with E-state index in [-0.39, 0.29) is 17.0 Å². The van der Waals surface area contributed by atoms with Crippen molar-refractivity contribution in [2.24, 2.45) is 0 Å². The highest BCUT2D eigenvalue weighted by Crippen LogP contribution is 2.36. The molecular weight excluding hydrogens is 376 g/mol. The summed E-state index contributed by atoms with van der Waals surface area (Å²) >= 11 is 0. The Hall–Kier alpha value is -2.59. The third kappa shape index (κ3) is 2.36. The molecule has 1 aromatic heterocycles. The molecule has 4 aromatic rings. The van der Waals surface area contributed by atoms with Crippen LogP contribution in [0.5, 0.6) is 5.75 Å². The highest BCUT2D eigenvalue weighted by Gasteiger charge is 2.33. The molecule has 0 saturated heterocycles. The average molecular weight is 393 g/mol. The smallest absolute Gasteiger partial charge is 0.290 e. The Morgan fingerprint density at radius 3 is 2.16 bits per heavy atom. The summed E-state index contributed by atoms with van der Waals surface area (Å²) in [7, 11) is 0. The van der Waals surface area contributed by atoms with Crippen molar-refractivity contribution in [3.05, 3.63) is 72.8 Å². The number of rotatable bonds is 1. The molecule has 0 amide bonds. The zero-order chi connectivity index (χ0) is 16.1. The minimum atomic E-state index is 0. The van der Waals surface area contributed by atoms with Crippen molar-refractivity contribution in [3.63, 3.8) is 0 Å². The molecule has 0 bridgehead atoms. The first-order valence-corrected chi connectivity index (χ1v) is 8.23. The highest BCUT2D eigenvalue weighted by atomic mass is 79.9. The summed E-state index contributed by atoms with van der Waals surface area (Å²) in [6, 6.07) is 24.7. The average Bonchev–Trinajstić information content (AvgIpc) is 3.08. The largest absolute Gasteiger partial charge is 1.00 e. The summed E-state index contributed by atoms with van der Waals surface area (Å²) in [5.74, 6) is 1.53. The summed E-state index contributed by atoms with van der Waals surface area (Å²) in [5.41, 5.74) is 2.38. The Bertz CT molecular complexity index is 1080. The van der Waals surface area contributed by atoms with Crippen molar-refractivity contribution in [2.45, 2.75) is 6.54 Å². The number of phenolic OH excluding ortho intramolecular Hbond substituents is 1. The van der Waals surface area contributed by atoms with Crippen LogP contribution in [0.15, 0.2) is 72.8 Å². The summed E-state index contributed by atoms with van der Waals surface area (Å²) in [5, 5.41) is 13.4. The van der Waals surface area contributed by atoms with Crippen LogP contribution in [0.4, 0.5) is 11.5 Å². The fourth-order valence-electron chi connectivity index (χ4n) is 3.82. The molecule has 2 heterocycles. The molecule has 3 nitrogen and oxygen atoms in total. The number of pyridine rings is 1. The first-order valence-electron chi connectivity index (χ1n) is 8.23. The first-order chi connectivity index (χ1) is 11.8. The van der Waals surface area contributed by atoms with Crippen molar-refractivity contribution < 1.29 is 26.7 Å². The van der Waals surface area contributed by atoms with Gasteiger partial charge in [0.15, 0.2) is 0 Å². The molecule has 124 valence electrons. The van der Waals surface area contributed by atoms with Crippen LogP contribution < -0.4 is 26.4 Å². The van der Waals surface area contributed by atoms with Crippen LogP contribution >= 0.6 is 0 Å². The van der Waals surface area contributed by atoms with Gasteiger partial charge in [0.2, 0.25) is 0 Å². The van der Waals surface area contributed by atoms with Crippen LogP contribution in [0.25, 0.3) is 21.7 Å². The van der Waals surface area contributed by atoms with Gasteiger partial charge in [0.25, 0.3) is 5.82 Å². The fourth-order valence-corrected chi connectivity index (χ4v) is 3.82. The third-order valence-electron chi connectivity index (χ3n) is 4.87. The van der Waals surface area contributed by atoms with Gasteiger partial charge in [0.05, 0.1) is 5.39 Å². The Labute approximate surface area is 156 Å². The number of hydrogen-bond acceptors (Lipinski definition) is 2. The molecule has 1 N–H and O–H groups in total. The zero-order valence-corrected chi connectivity index (χ0v) is 15.1. The van der Waals surface area contributed by atoms with E-state index in [1.165, 1.54) is 27.5 Å². The highest BCUT2D eigenvalue weighted by molar-refractivity contribution is 6.08. The van der Waals surface area contributed by atoms with Gasteiger partial charge >= 0.3 is 0 Å². The molecule has 0 radical (unpaired) electrons. The van der Waals surface area contributed by atoms with E-state index in [0.29, 0.717) is 5.75 Å². The predicted octanol–water partition coefficient (Wildman–Crippen LogP) is 1.14. The van der Waals surface area contributed by atoms with Crippen molar-refractivity contribution in [1.29, 1.82) is 0 Å². The Balaban J connectivity index is 0.00000157. The normalized spacial score (nSPS) is 13.0. The summed E-state index contributed by atoms with van der Waals surface area (Å²) in [6.07, 6.45) is 0. The SMILES string of the molecule is Oc1ccc(N2CC[n+]3c2c2ccccc2c2ccccc23)cc1.[Br-]. The van der Waals surface area contributed by atoms with Crippen LogP contribution in [0, 0.1) is 0 Å². The molecule has 5 rings (SSSR count). The van der Waals surface area contributed by atoms with Crippen molar-refractivity contribution in [2.75, 3.05) is 11.4 Å². The quantitative estimate of drug-likeness (QED) is 0.388. The Morgan fingerprint density at radius 2 is 1.40 bits per heavy atom. The van der Waals surface area contributed by atoms with Gasteiger partial charge in [0.1, 0.15) is 30.0 Å². The lowest BCUT2D eigenvalue weighted by molar-refractivity contribution is -0.643. The van der Waals surface area contributed by atoms with E-state index in [1.54, 1.807) is 12.1 Å². The van der Waals surface area contributed by atoms with Crippen LogP contribution in [0.2, 0.25) is 0 Å². The van der Waals surface area contributed by atoms with Crippen molar-refractivity contribution >= 4 is 33.2 Å². The van der Waals surface area contributed by atoms with Gasteiger partial charge in [-0.15, -0.1) is 0 Å². The van der Waals surface area contributed by atoms with Gasteiger partial charge in [-0.25, -0.2) is 9.47 Å². The Kier molecular flexibility index (Phi) is 3.85. The van der Waals surface area contributed by atoms with Crippen LogP contribution in [-0.2, 0) is 6.54 Å². The number of anilines is 2. The molecule has 25 heavy (non-hydrogen) atoms. The van der Waals surface area contributed by atoms with Gasteiger partial charge in [-0.2, -0.15) is 0 Å². The van der Waals surface area contributed by atoms with Gasteiger partial charge in [-0.3, -0.25) is 0 Å². The summed E-state index contributed by atoms with van der Waals surface area (Å²) in [4.78, 5) is 2.34. The molecule has 0 unspecified atom stereocenters. The number of para-hydroxylation sites is 1. The molecule has 0 saturated carbocycles. The number of hydrogen-bond donors (Lipinski definition) is 1. The van der Waals surface area contributed by atoms with Gasteiger partial charge in [0, 0.05) is 10.8 Å².